The Hall–Kier alpha value is -1.89. The summed E-state index contributed by atoms with van der Waals surface area (Å²) in [6.45, 7) is 3.60. The second-order valence-corrected chi connectivity index (χ2v) is 4.19. The SMILES string of the molecule is CNc1nc(NCC(C)COC)c2[nH]cnc2n1. The first kappa shape index (κ1) is 12.6. The number of hydrogen-bond acceptors (Lipinski definition) is 6. The van der Waals surface area contributed by atoms with E-state index in [-0.39, 0.29) is 0 Å². The number of fused-ring (bicyclic) bond motifs is 1. The van der Waals surface area contributed by atoms with Crippen molar-refractivity contribution in [2.45, 2.75) is 6.92 Å². The van der Waals surface area contributed by atoms with E-state index in [1.165, 1.54) is 0 Å². The molecule has 2 heterocycles. The van der Waals surface area contributed by atoms with E-state index in [4.69, 9.17) is 4.74 Å². The minimum atomic E-state index is 0.404. The van der Waals surface area contributed by atoms with Gasteiger partial charge >= 0.3 is 0 Å². The number of nitrogens with one attached hydrogen (secondary N) is 3. The minimum absolute atomic E-state index is 0.404. The topological polar surface area (TPSA) is 87.8 Å². The molecule has 0 aliphatic rings. The molecule has 0 spiro atoms. The van der Waals surface area contributed by atoms with Crippen LogP contribution in [0.4, 0.5) is 11.8 Å². The van der Waals surface area contributed by atoms with Crippen LogP contribution in [0.3, 0.4) is 0 Å². The lowest BCUT2D eigenvalue weighted by molar-refractivity contribution is 0.164. The molecule has 0 saturated carbocycles. The summed E-state index contributed by atoms with van der Waals surface area (Å²) in [7, 11) is 3.48. The first-order valence-corrected chi connectivity index (χ1v) is 5.86. The Balaban J connectivity index is 2.18. The van der Waals surface area contributed by atoms with Gasteiger partial charge in [0, 0.05) is 20.7 Å². The van der Waals surface area contributed by atoms with Gasteiger partial charge in [-0.15, -0.1) is 0 Å². The predicted octanol–water partition coefficient (Wildman–Crippen LogP) is 1.09. The number of hydrogen-bond donors (Lipinski definition) is 3. The Morgan fingerprint density at radius 2 is 2.28 bits per heavy atom. The highest BCUT2D eigenvalue weighted by Gasteiger charge is 2.10. The van der Waals surface area contributed by atoms with Gasteiger partial charge in [-0.05, 0) is 5.92 Å². The maximum Gasteiger partial charge on any atom is 0.226 e. The smallest absolute Gasteiger partial charge is 0.226 e. The highest BCUT2D eigenvalue weighted by atomic mass is 16.5. The van der Waals surface area contributed by atoms with Crippen molar-refractivity contribution in [3.63, 3.8) is 0 Å². The molecular weight excluding hydrogens is 232 g/mol. The average molecular weight is 250 g/mol. The Morgan fingerprint density at radius 1 is 1.44 bits per heavy atom. The Morgan fingerprint density at radius 3 is 3.00 bits per heavy atom. The molecule has 18 heavy (non-hydrogen) atoms. The van der Waals surface area contributed by atoms with Crippen molar-refractivity contribution in [2.75, 3.05) is 37.9 Å². The van der Waals surface area contributed by atoms with Gasteiger partial charge in [0.05, 0.1) is 12.9 Å². The number of anilines is 2. The van der Waals surface area contributed by atoms with Gasteiger partial charge in [-0.2, -0.15) is 9.97 Å². The van der Waals surface area contributed by atoms with E-state index in [2.05, 4.69) is 37.5 Å². The number of aromatic amines is 1. The first-order chi connectivity index (χ1) is 8.74. The summed E-state index contributed by atoms with van der Waals surface area (Å²) in [5.41, 5.74) is 1.47. The third kappa shape index (κ3) is 2.67. The van der Waals surface area contributed by atoms with Crippen molar-refractivity contribution in [3.8, 4) is 0 Å². The Kier molecular flexibility index (Phi) is 3.93. The number of nitrogens with zero attached hydrogens (tertiary/aromatic N) is 3. The van der Waals surface area contributed by atoms with Gasteiger partial charge in [-0.3, -0.25) is 0 Å². The van der Waals surface area contributed by atoms with Crippen LogP contribution >= 0.6 is 0 Å². The second kappa shape index (κ2) is 5.63. The van der Waals surface area contributed by atoms with E-state index in [9.17, 15) is 0 Å². The van der Waals surface area contributed by atoms with Gasteiger partial charge in [0.25, 0.3) is 0 Å². The fourth-order valence-electron chi connectivity index (χ4n) is 1.69. The predicted molar refractivity (Wildman–Crippen MR) is 70.8 cm³/mol. The number of H-pyrrole nitrogens is 1. The summed E-state index contributed by atoms with van der Waals surface area (Å²) < 4.78 is 5.10. The van der Waals surface area contributed by atoms with Crippen LogP contribution in [0.2, 0.25) is 0 Å². The zero-order valence-corrected chi connectivity index (χ0v) is 10.8. The molecule has 0 saturated heterocycles. The Labute approximate surface area is 105 Å². The molecule has 0 amide bonds. The second-order valence-electron chi connectivity index (χ2n) is 4.19. The summed E-state index contributed by atoms with van der Waals surface area (Å²) >= 11 is 0. The standard InChI is InChI=1S/C11H18N6O/c1-7(5-18-3)4-13-9-8-10(15-6-14-8)17-11(12-2)16-9/h6-7H,4-5H2,1-3H3,(H3,12,13,14,15,16,17). The summed E-state index contributed by atoms with van der Waals surface area (Å²) in [5.74, 6) is 1.71. The van der Waals surface area contributed by atoms with Crippen molar-refractivity contribution in [1.29, 1.82) is 0 Å². The average Bonchev–Trinajstić information content (AvgIpc) is 2.84. The number of ether oxygens (including phenoxy) is 1. The van der Waals surface area contributed by atoms with Crippen LogP contribution in [0.15, 0.2) is 6.33 Å². The van der Waals surface area contributed by atoms with Crippen LogP contribution in [0.1, 0.15) is 6.92 Å². The van der Waals surface area contributed by atoms with Crippen LogP contribution < -0.4 is 10.6 Å². The molecule has 2 rings (SSSR count). The van der Waals surface area contributed by atoms with Gasteiger partial charge < -0.3 is 20.4 Å². The molecule has 0 aliphatic carbocycles. The van der Waals surface area contributed by atoms with E-state index in [1.54, 1.807) is 20.5 Å². The van der Waals surface area contributed by atoms with E-state index < -0.39 is 0 Å². The summed E-state index contributed by atoms with van der Waals surface area (Å²) in [4.78, 5) is 15.8. The number of methoxy groups -OCH3 is 1. The lowest BCUT2D eigenvalue weighted by atomic mass is 10.2. The third-order valence-corrected chi connectivity index (χ3v) is 2.58. The highest BCUT2D eigenvalue weighted by Crippen LogP contribution is 2.18. The zero-order chi connectivity index (χ0) is 13.0. The fraction of sp³-hybridized carbons (Fsp3) is 0.545. The molecule has 0 aromatic carbocycles. The molecule has 7 heteroatoms. The molecule has 2 aromatic heterocycles. The van der Waals surface area contributed by atoms with E-state index in [0.717, 1.165) is 17.9 Å². The number of rotatable bonds is 6. The van der Waals surface area contributed by atoms with Crippen LogP contribution in [-0.2, 0) is 4.74 Å². The summed E-state index contributed by atoms with van der Waals surface area (Å²) in [6, 6.07) is 0. The van der Waals surface area contributed by atoms with Crippen molar-refractivity contribution in [2.24, 2.45) is 5.92 Å². The van der Waals surface area contributed by atoms with Gasteiger partial charge in [0.15, 0.2) is 11.5 Å². The molecule has 1 atom stereocenters. The number of aromatic nitrogens is 4. The quantitative estimate of drug-likeness (QED) is 0.711. The van der Waals surface area contributed by atoms with Crippen LogP contribution in [-0.4, -0.2) is 47.2 Å². The van der Waals surface area contributed by atoms with Crippen LogP contribution in [0.5, 0.6) is 0 Å². The lowest BCUT2D eigenvalue weighted by Crippen LogP contribution is -2.17. The highest BCUT2D eigenvalue weighted by molar-refractivity contribution is 5.83. The molecule has 0 fully saturated rings. The van der Waals surface area contributed by atoms with Gasteiger partial charge in [-0.1, -0.05) is 6.92 Å². The molecule has 7 nitrogen and oxygen atoms in total. The molecule has 0 radical (unpaired) electrons. The van der Waals surface area contributed by atoms with Crippen molar-refractivity contribution < 1.29 is 4.74 Å². The lowest BCUT2D eigenvalue weighted by Gasteiger charge is -2.12. The molecule has 2 aromatic rings. The molecular formula is C11H18N6O. The summed E-state index contributed by atoms with van der Waals surface area (Å²) in [6.07, 6.45) is 1.61. The minimum Gasteiger partial charge on any atom is -0.384 e. The zero-order valence-electron chi connectivity index (χ0n) is 10.8. The number of imidazole rings is 1. The van der Waals surface area contributed by atoms with E-state index >= 15 is 0 Å². The van der Waals surface area contributed by atoms with Gasteiger partial charge in [0.1, 0.15) is 5.52 Å². The van der Waals surface area contributed by atoms with E-state index in [0.29, 0.717) is 24.1 Å². The van der Waals surface area contributed by atoms with Crippen molar-refractivity contribution >= 4 is 22.9 Å². The first-order valence-electron chi connectivity index (χ1n) is 5.86. The van der Waals surface area contributed by atoms with Crippen LogP contribution in [0, 0.1) is 5.92 Å². The van der Waals surface area contributed by atoms with Crippen molar-refractivity contribution in [1.82, 2.24) is 19.9 Å². The van der Waals surface area contributed by atoms with Gasteiger partial charge in [-0.25, -0.2) is 4.98 Å². The van der Waals surface area contributed by atoms with Gasteiger partial charge in [0.2, 0.25) is 5.95 Å². The monoisotopic (exact) mass is 250 g/mol. The maximum absolute atomic E-state index is 5.10. The molecule has 3 N–H and O–H groups in total. The third-order valence-electron chi connectivity index (χ3n) is 2.58. The van der Waals surface area contributed by atoms with Crippen LogP contribution in [0.25, 0.3) is 11.2 Å². The maximum atomic E-state index is 5.10. The fourth-order valence-corrected chi connectivity index (χ4v) is 1.69. The molecule has 0 aliphatic heterocycles. The Bertz CT molecular complexity index is 511. The van der Waals surface area contributed by atoms with Crippen molar-refractivity contribution in [3.05, 3.63) is 6.33 Å². The largest absolute Gasteiger partial charge is 0.384 e. The molecule has 0 bridgehead atoms. The molecule has 98 valence electrons. The summed E-state index contributed by atoms with van der Waals surface area (Å²) in [5, 5.41) is 6.21. The van der Waals surface area contributed by atoms with E-state index in [1.807, 2.05) is 0 Å². The molecule has 1 unspecified atom stereocenters. The normalized spacial score (nSPS) is 12.6.